The Bertz CT molecular complexity index is 822. The largest absolute Gasteiger partial charge is 0.481 e. The highest BCUT2D eigenvalue weighted by Crippen LogP contribution is 2.43. The van der Waals surface area contributed by atoms with Crippen molar-refractivity contribution in [1.82, 2.24) is 4.90 Å². The summed E-state index contributed by atoms with van der Waals surface area (Å²) in [6.45, 7) is 1.90. The van der Waals surface area contributed by atoms with Gasteiger partial charge in [0.15, 0.2) is 0 Å². The Morgan fingerprint density at radius 1 is 1.17 bits per heavy atom. The van der Waals surface area contributed by atoms with E-state index in [2.05, 4.69) is 0 Å². The molecule has 2 aromatic rings. The van der Waals surface area contributed by atoms with E-state index in [1.54, 1.807) is 31.2 Å². The molecule has 1 aliphatic rings. The van der Waals surface area contributed by atoms with E-state index in [-0.39, 0.29) is 18.0 Å². The van der Waals surface area contributed by atoms with Crippen molar-refractivity contribution < 1.29 is 23.5 Å². The fourth-order valence-electron chi connectivity index (χ4n) is 3.29. The molecule has 0 aliphatic carbocycles. The Morgan fingerprint density at radius 2 is 1.88 bits per heavy atom. The highest BCUT2D eigenvalue weighted by Gasteiger charge is 2.44. The summed E-state index contributed by atoms with van der Waals surface area (Å²) in [5, 5.41) is 9.73. The molecule has 0 saturated heterocycles. The van der Waals surface area contributed by atoms with E-state index >= 15 is 0 Å². The van der Waals surface area contributed by atoms with Crippen molar-refractivity contribution in [2.45, 2.75) is 18.9 Å². The standard InChI is InChI=1S/C18H15F2NO3/c1-2-21-16(13-8-7-10(19)9-14(13)20)15(18(23)24)11-5-3-4-6-12(11)17(21)22/h3-9,15-16H,2H2,1H3,(H,23,24). The van der Waals surface area contributed by atoms with E-state index in [9.17, 15) is 23.5 Å². The van der Waals surface area contributed by atoms with Crippen LogP contribution in [0.15, 0.2) is 42.5 Å². The Morgan fingerprint density at radius 3 is 2.50 bits per heavy atom. The molecule has 2 unspecified atom stereocenters. The predicted molar refractivity (Wildman–Crippen MR) is 82.6 cm³/mol. The van der Waals surface area contributed by atoms with Crippen molar-refractivity contribution in [3.63, 3.8) is 0 Å². The lowest BCUT2D eigenvalue weighted by atomic mass is 9.79. The molecule has 0 saturated carbocycles. The minimum absolute atomic E-state index is 0.00602. The van der Waals surface area contributed by atoms with E-state index in [4.69, 9.17) is 0 Å². The van der Waals surface area contributed by atoms with Crippen LogP contribution >= 0.6 is 0 Å². The number of likely N-dealkylation sites (N-methyl/N-ethyl adjacent to an activating group) is 1. The second kappa shape index (κ2) is 6.03. The summed E-state index contributed by atoms with van der Waals surface area (Å²) in [6.07, 6.45) is 0. The Hall–Kier alpha value is -2.76. The molecule has 2 atom stereocenters. The summed E-state index contributed by atoms with van der Waals surface area (Å²) in [5.74, 6) is -4.27. The number of carbonyl (C=O) groups excluding carboxylic acids is 1. The van der Waals surface area contributed by atoms with Gasteiger partial charge in [0.2, 0.25) is 0 Å². The molecule has 1 heterocycles. The summed E-state index contributed by atoms with van der Waals surface area (Å²) in [6, 6.07) is 8.36. The van der Waals surface area contributed by atoms with Gasteiger partial charge in [-0.15, -0.1) is 0 Å². The van der Waals surface area contributed by atoms with E-state index in [1.165, 1.54) is 11.0 Å². The van der Waals surface area contributed by atoms with Crippen LogP contribution in [-0.4, -0.2) is 28.4 Å². The van der Waals surface area contributed by atoms with Crippen LogP contribution in [0, 0.1) is 11.6 Å². The molecule has 1 amide bonds. The van der Waals surface area contributed by atoms with Crippen LogP contribution in [0.5, 0.6) is 0 Å². The van der Waals surface area contributed by atoms with Crippen molar-refractivity contribution in [3.05, 3.63) is 70.8 Å². The van der Waals surface area contributed by atoms with E-state index < -0.39 is 29.6 Å². The lowest BCUT2D eigenvalue weighted by molar-refractivity contribution is -0.140. The molecule has 1 N–H and O–H groups in total. The van der Waals surface area contributed by atoms with Crippen LogP contribution in [0.1, 0.15) is 40.4 Å². The number of carboxylic acids is 1. The molecular formula is C18H15F2NO3. The normalized spacial score (nSPS) is 20.0. The van der Waals surface area contributed by atoms with Crippen LogP contribution in [0.3, 0.4) is 0 Å². The monoisotopic (exact) mass is 331 g/mol. The number of hydrogen-bond donors (Lipinski definition) is 1. The number of amides is 1. The van der Waals surface area contributed by atoms with E-state index in [0.717, 1.165) is 6.07 Å². The summed E-state index contributed by atoms with van der Waals surface area (Å²) in [4.78, 5) is 25.9. The molecular weight excluding hydrogens is 316 g/mol. The van der Waals surface area contributed by atoms with Gasteiger partial charge in [-0.2, -0.15) is 0 Å². The van der Waals surface area contributed by atoms with Crippen molar-refractivity contribution >= 4 is 11.9 Å². The van der Waals surface area contributed by atoms with Gasteiger partial charge in [0.05, 0.1) is 6.04 Å². The number of halogens is 2. The van der Waals surface area contributed by atoms with Gasteiger partial charge in [-0.05, 0) is 24.6 Å². The second-order valence-electron chi connectivity index (χ2n) is 5.60. The highest BCUT2D eigenvalue weighted by molar-refractivity contribution is 6.00. The zero-order chi connectivity index (χ0) is 17.4. The minimum Gasteiger partial charge on any atom is -0.481 e. The zero-order valence-electron chi connectivity index (χ0n) is 12.9. The van der Waals surface area contributed by atoms with Crippen LogP contribution in [0.2, 0.25) is 0 Å². The third-order valence-electron chi connectivity index (χ3n) is 4.33. The van der Waals surface area contributed by atoms with Gasteiger partial charge in [0.25, 0.3) is 5.91 Å². The summed E-state index contributed by atoms with van der Waals surface area (Å²) < 4.78 is 27.5. The van der Waals surface area contributed by atoms with Gasteiger partial charge in [-0.1, -0.05) is 24.3 Å². The second-order valence-corrected chi connectivity index (χ2v) is 5.60. The summed E-state index contributed by atoms with van der Waals surface area (Å²) in [5.41, 5.74) is 0.632. The zero-order valence-corrected chi connectivity index (χ0v) is 12.9. The number of benzene rings is 2. The smallest absolute Gasteiger partial charge is 0.313 e. The molecule has 4 nitrogen and oxygen atoms in total. The molecule has 0 radical (unpaired) electrons. The van der Waals surface area contributed by atoms with Gasteiger partial charge < -0.3 is 10.0 Å². The third kappa shape index (κ3) is 2.44. The molecule has 0 aromatic heterocycles. The van der Waals surface area contributed by atoms with Gasteiger partial charge >= 0.3 is 5.97 Å². The average molecular weight is 331 g/mol. The lowest BCUT2D eigenvalue weighted by Gasteiger charge is -2.40. The molecule has 124 valence electrons. The molecule has 6 heteroatoms. The number of nitrogens with zero attached hydrogens (tertiary/aromatic N) is 1. The Balaban J connectivity index is 2.25. The maximum Gasteiger partial charge on any atom is 0.313 e. The van der Waals surface area contributed by atoms with Gasteiger partial charge in [-0.25, -0.2) is 8.78 Å². The SMILES string of the molecule is CCN1C(=O)c2ccccc2C(C(=O)O)C1c1ccc(F)cc1F. The van der Waals surface area contributed by atoms with Crippen molar-refractivity contribution in [2.75, 3.05) is 6.54 Å². The van der Waals surface area contributed by atoms with E-state index in [1.807, 2.05) is 0 Å². The first-order valence-electron chi connectivity index (χ1n) is 7.53. The first-order valence-corrected chi connectivity index (χ1v) is 7.53. The highest BCUT2D eigenvalue weighted by atomic mass is 19.1. The maximum atomic E-state index is 14.3. The third-order valence-corrected chi connectivity index (χ3v) is 4.33. The molecule has 0 fully saturated rings. The Labute approximate surface area is 137 Å². The van der Waals surface area contributed by atoms with Gasteiger partial charge in [0.1, 0.15) is 17.6 Å². The molecule has 3 rings (SSSR count). The van der Waals surface area contributed by atoms with E-state index in [0.29, 0.717) is 17.2 Å². The summed E-state index contributed by atoms with van der Waals surface area (Å²) >= 11 is 0. The number of fused-ring (bicyclic) bond motifs is 1. The summed E-state index contributed by atoms with van der Waals surface area (Å²) in [7, 11) is 0. The molecule has 2 aromatic carbocycles. The van der Waals surface area contributed by atoms with Gasteiger partial charge in [-0.3, -0.25) is 9.59 Å². The Kier molecular flexibility index (Phi) is 4.05. The number of hydrogen-bond acceptors (Lipinski definition) is 2. The molecule has 0 bridgehead atoms. The fourth-order valence-corrected chi connectivity index (χ4v) is 3.29. The predicted octanol–water partition coefficient (Wildman–Crippen LogP) is 3.35. The number of carboxylic acid groups (broad SMARTS) is 1. The fraction of sp³-hybridized carbons (Fsp3) is 0.222. The molecule has 1 aliphatic heterocycles. The number of aliphatic carboxylic acids is 1. The molecule has 24 heavy (non-hydrogen) atoms. The van der Waals surface area contributed by atoms with Crippen molar-refractivity contribution in [3.8, 4) is 0 Å². The van der Waals surface area contributed by atoms with Gasteiger partial charge in [0, 0.05) is 23.7 Å². The topological polar surface area (TPSA) is 57.6 Å². The van der Waals surface area contributed by atoms with Crippen LogP contribution < -0.4 is 0 Å². The average Bonchev–Trinajstić information content (AvgIpc) is 2.54. The quantitative estimate of drug-likeness (QED) is 0.938. The van der Waals surface area contributed by atoms with Crippen LogP contribution in [-0.2, 0) is 4.79 Å². The number of carbonyl (C=O) groups is 2. The van der Waals surface area contributed by atoms with Crippen molar-refractivity contribution in [2.24, 2.45) is 0 Å². The molecule has 0 spiro atoms. The van der Waals surface area contributed by atoms with Crippen molar-refractivity contribution in [1.29, 1.82) is 0 Å². The lowest BCUT2D eigenvalue weighted by Crippen LogP contribution is -2.45. The first kappa shape index (κ1) is 16.1. The maximum absolute atomic E-state index is 14.3. The first-order chi connectivity index (χ1) is 11.5. The van der Waals surface area contributed by atoms with Crippen LogP contribution in [0.4, 0.5) is 8.78 Å². The number of rotatable bonds is 3. The van der Waals surface area contributed by atoms with Crippen LogP contribution in [0.25, 0.3) is 0 Å². The minimum atomic E-state index is -1.16.